The van der Waals surface area contributed by atoms with E-state index in [1.54, 1.807) is 6.07 Å². The first kappa shape index (κ1) is 8.81. The molecule has 3 nitrogen and oxygen atoms in total. The zero-order valence-corrected chi connectivity index (χ0v) is 8.13. The van der Waals surface area contributed by atoms with Crippen LogP contribution in [0.1, 0.15) is 15.9 Å². The minimum absolute atomic E-state index is 0.308. The molecule has 2 aromatic rings. The van der Waals surface area contributed by atoms with Gasteiger partial charge >= 0.3 is 5.97 Å². The van der Waals surface area contributed by atoms with Gasteiger partial charge in [-0.1, -0.05) is 6.07 Å². The standard InChI is InChI=1S/C11H11NO2/c1-7-3-4-9(11(13)14-2)10-8(7)5-6-12-10/h3-6,12H,1-2H3. The summed E-state index contributed by atoms with van der Waals surface area (Å²) in [6.45, 7) is 2.01. The monoisotopic (exact) mass is 189 g/mol. The molecule has 0 bridgehead atoms. The van der Waals surface area contributed by atoms with Gasteiger partial charge in [0.1, 0.15) is 0 Å². The molecule has 0 saturated carbocycles. The molecule has 72 valence electrons. The highest BCUT2D eigenvalue weighted by Crippen LogP contribution is 2.21. The van der Waals surface area contributed by atoms with E-state index in [1.165, 1.54) is 7.11 Å². The van der Waals surface area contributed by atoms with Gasteiger partial charge in [0.15, 0.2) is 0 Å². The normalized spacial score (nSPS) is 10.4. The second-order valence-corrected chi connectivity index (χ2v) is 3.19. The van der Waals surface area contributed by atoms with Crippen LogP contribution >= 0.6 is 0 Å². The van der Waals surface area contributed by atoms with Gasteiger partial charge in [0.25, 0.3) is 0 Å². The van der Waals surface area contributed by atoms with Crippen LogP contribution in [0.3, 0.4) is 0 Å². The molecule has 0 atom stereocenters. The average Bonchev–Trinajstić information content (AvgIpc) is 2.67. The van der Waals surface area contributed by atoms with Crippen molar-refractivity contribution in [3.63, 3.8) is 0 Å². The Morgan fingerprint density at radius 2 is 2.14 bits per heavy atom. The molecule has 0 spiro atoms. The summed E-state index contributed by atoms with van der Waals surface area (Å²) < 4.78 is 4.69. The van der Waals surface area contributed by atoms with Crippen LogP contribution in [0.5, 0.6) is 0 Å². The van der Waals surface area contributed by atoms with E-state index >= 15 is 0 Å². The Hall–Kier alpha value is -1.77. The van der Waals surface area contributed by atoms with Crippen molar-refractivity contribution in [1.29, 1.82) is 0 Å². The maximum absolute atomic E-state index is 11.4. The Balaban J connectivity index is 2.72. The van der Waals surface area contributed by atoms with E-state index in [1.807, 2.05) is 25.3 Å². The zero-order chi connectivity index (χ0) is 10.1. The van der Waals surface area contributed by atoms with Crippen molar-refractivity contribution >= 4 is 16.9 Å². The first-order valence-corrected chi connectivity index (χ1v) is 4.39. The summed E-state index contributed by atoms with van der Waals surface area (Å²) in [6, 6.07) is 5.65. The van der Waals surface area contributed by atoms with E-state index in [0.717, 1.165) is 16.5 Å². The Morgan fingerprint density at radius 3 is 2.86 bits per heavy atom. The molecule has 3 heteroatoms. The fraction of sp³-hybridized carbons (Fsp3) is 0.182. The van der Waals surface area contributed by atoms with Crippen LogP contribution in [-0.4, -0.2) is 18.1 Å². The second-order valence-electron chi connectivity index (χ2n) is 3.19. The van der Waals surface area contributed by atoms with Gasteiger partial charge in [-0.25, -0.2) is 4.79 Å². The summed E-state index contributed by atoms with van der Waals surface area (Å²) in [4.78, 5) is 14.4. The minimum Gasteiger partial charge on any atom is -0.465 e. The van der Waals surface area contributed by atoms with Crippen LogP contribution in [-0.2, 0) is 4.74 Å². The molecule has 0 aliphatic rings. The summed E-state index contributed by atoms with van der Waals surface area (Å²) in [7, 11) is 1.39. The number of benzene rings is 1. The van der Waals surface area contributed by atoms with Crippen molar-refractivity contribution in [3.05, 3.63) is 35.5 Å². The molecule has 0 amide bonds. The lowest BCUT2D eigenvalue weighted by Gasteiger charge is -2.02. The number of rotatable bonds is 1. The van der Waals surface area contributed by atoms with Gasteiger partial charge in [0.05, 0.1) is 18.2 Å². The number of aromatic nitrogens is 1. The summed E-state index contributed by atoms with van der Waals surface area (Å²) in [5.41, 5.74) is 2.57. The number of hydrogen-bond donors (Lipinski definition) is 1. The predicted octanol–water partition coefficient (Wildman–Crippen LogP) is 2.26. The second kappa shape index (κ2) is 3.18. The highest BCUT2D eigenvalue weighted by molar-refractivity contribution is 6.03. The minimum atomic E-state index is -0.308. The Morgan fingerprint density at radius 1 is 1.36 bits per heavy atom. The number of nitrogens with one attached hydrogen (secondary N) is 1. The first-order valence-electron chi connectivity index (χ1n) is 4.39. The average molecular weight is 189 g/mol. The van der Waals surface area contributed by atoms with Gasteiger partial charge in [0.2, 0.25) is 0 Å². The first-order chi connectivity index (χ1) is 6.74. The molecule has 0 aliphatic heterocycles. The van der Waals surface area contributed by atoms with Gasteiger partial charge in [-0.3, -0.25) is 0 Å². The van der Waals surface area contributed by atoms with E-state index < -0.39 is 0 Å². The summed E-state index contributed by atoms with van der Waals surface area (Å²) in [6.07, 6.45) is 1.82. The van der Waals surface area contributed by atoms with Gasteiger partial charge in [-0.15, -0.1) is 0 Å². The maximum Gasteiger partial charge on any atom is 0.339 e. The molecule has 1 N–H and O–H groups in total. The van der Waals surface area contributed by atoms with Crippen LogP contribution in [0.2, 0.25) is 0 Å². The van der Waals surface area contributed by atoms with Crippen molar-refractivity contribution in [3.8, 4) is 0 Å². The lowest BCUT2D eigenvalue weighted by atomic mass is 10.1. The molecule has 0 saturated heterocycles. The molecule has 0 aliphatic carbocycles. The predicted molar refractivity (Wildman–Crippen MR) is 54.4 cm³/mol. The quantitative estimate of drug-likeness (QED) is 0.699. The van der Waals surface area contributed by atoms with Crippen LogP contribution in [0.4, 0.5) is 0 Å². The number of ether oxygens (including phenoxy) is 1. The largest absolute Gasteiger partial charge is 0.465 e. The van der Waals surface area contributed by atoms with E-state index in [9.17, 15) is 4.79 Å². The van der Waals surface area contributed by atoms with Crippen molar-refractivity contribution < 1.29 is 9.53 Å². The molecule has 0 radical (unpaired) electrons. The maximum atomic E-state index is 11.4. The van der Waals surface area contributed by atoms with Crippen molar-refractivity contribution in [2.45, 2.75) is 6.92 Å². The Kier molecular flexibility index (Phi) is 2.00. The number of esters is 1. The molecular formula is C11H11NO2. The smallest absolute Gasteiger partial charge is 0.339 e. The van der Waals surface area contributed by atoms with Crippen molar-refractivity contribution in [1.82, 2.24) is 4.98 Å². The third-order valence-electron chi connectivity index (χ3n) is 2.35. The molecule has 0 unspecified atom stereocenters. The van der Waals surface area contributed by atoms with E-state index in [0.29, 0.717) is 5.56 Å². The van der Waals surface area contributed by atoms with E-state index in [2.05, 4.69) is 4.98 Å². The van der Waals surface area contributed by atoms with Gasteiger partial charge in [-0.05, 0) is 24.6 Å². The molecule has 0 fully saturated rings. The topological polar surface area (TPSA) is 42.1 Å². The number of aryl methyl sites for hydroxylation is 1. The fourth-order valence-electron chi connectivity index (χ4n) is 1.58. The third kappa shape index (κ3) is 1.18. The molecule has 1 aromatic carbocycles. The molecule has 1 heterocycles. The van der Waals surface area contributed by atoms with Crippen LogP contribution in [0.15, 0.2) is 24.4 Å². The molecule has 1 aromatic heterocycles. The van der Waals surface area contributed by atoms with Crippen LogP contribution in [0, 0.1) is 6.92 Å². The SMILES string of the molecule is COC(=O)c1ccc(C)c2cc[nH]c12. The summed E-state index contributed by atoms with van der Waals surface area (Å²) >= 11 is 0. The molecule has 2 rings (SSSR count). The number of carbonyl (C=O) groups excluding carboxylic acids is 1. The number of carbonyl (C=O) groups is 1. The Labute approximate surface area is 81.7 Å². The van der Waals surface area contributed by atoms with Crippen LogP contribution < -0.4 is 0 Å². The summed E-state index contributed by atoms with van der Waals surface area (Å²) in [5, 5.41) is 1.06. The van der Waals surface area contributed by atoms with Gasteiger partial charge in [-0.2, -0.15) is 0 Å². The fourth-order valence-corrected chi connectivity index (χ4v) is 1.58. The molecule has 14 heavy (non-hydrogen) atoms. The zero-order valence-electron chi connectivity index (χ0n) is 8.13. The van der Waals surface area contributed by atoms with Crippen molar-refractivity contribution in [2.75, 3.05) is 7.11 Å². The highest BCUT2D eigenvalue weighted by Gasteiger charge is 2.11. The van der Waals surface area contributed by atoms with Crippen molar-refractivity contribution in [2.24, 2.45) is 0 Å². The van der Waals surface area contributed by atoms with Gasteiger partial charge < -0.3 is 9.72 Å². The lowest BCUT2D eigenvalue weighted by Crippen LogP contribution is -2.02. The number of methoxy groups -OCH3 is 1. The third-order valence-corrected chi connectivity index (χ3v) is 2.35. The number of H-pyrrole nitrogens is 1. The Bertz CT molecular complexity index is 485. The lowest BCUT2D eigenvalue weighted by molar-refractivity contribution is 0.0603. The number of hydrogen-bond acceptors (Lipinski definition) is 2. The summed E-state index contributed by atoms with van der Waals surface area (Å²) in [5.74, 6) is -0.308. The van der Waals surface area contributed by atoms with Crippen LogP contribution in [0.25, 0.3) is 10.9 Å². The van der Waals surface area contributed by atoms with E-state index in [4.69, 9.17) is 4.74 Å². The van der Waals surface area contributed by atoms with E-state index in [-0.39, 0.29) is 5.97 Å². The molecular weight excluding hydrogens is 178 g/mol. The van der Waals surface area contributed by atoms with Gasteiger partial charge in [0, 0.05) is 11.6 Å². The number of aromatic amines is 1. The highest BCUT2D eigenvalue weighted by atomic mass is 16.5. The number of fused-ring (bicyclic) bond motifs is 1.